The monoisotopic (exact) mass is 435 g/mol. The molecule has 3 aromatic rings. The SMILES string of the molecule is CC(=O)N1CCC(c2nc3c(-c4ccn(C(=O)NCC(F)(F)F)n4)ccnc3[nH]2)CC1. The van der Waals surface area contributed by atoms with E-state index in [0.717, 1.165) is 23.3 Å². The molecule has 0 unspecified atom stereocenters. The average molecular weight is 435 g/mol. The van der Waals surface area contributed by atoms with Gasteiger partial charge in [-0.1, -0.05) is 0 Å². The van der Waals surface area contributed by atoms with Gasteiger partial charge in [0.15, 0.2) is 5.65 Å². The number of H-pyrrole nitrogens is 1. The number of likely N-dealkylation sites (tertiary alicyclic amines) is 1. The Bertz CT molecular complexity index is 1110. The molecule has 2 N–H and O–H groups in total. The van der Waals surface area contributed by atoms with Crippen LogP contribution in [0.4, 0.5) is 18.0 Å². The number of alkyl halides is 3. The Morgan fingerprint density at radius 3 is 2.68 bits per heavy atom. The molecular formula is C19H20F3N7O2. The molecule has 2 amide bonds. The van der Waals surface area contributed by atoms with Crippen molar-refractivity contribution in [2.24, 2.45) is 0 Å². The van der Waals surface area contributed by atoms with Crippen LogP contribution in [0.1, 0.15) is 31.5 Å². The fourth-order valence-corrected chi connectivity index (χ4v) is 3.63. The lowest BCUT2D eigenvalue weighted by Crippen LogP contribution is -2.36. The zero-order valence-electron chi connectivity index (χ0n) is 16.6. The highest BCUT2D eigenvalue weighted by Crippen LogP contribution is 2.30. The summed E-state index contributed by atoms with van der Waals surface area (Å²) in [4.78, 5) is 37.5. The number of carbonyl (C=O) groups is 2. The molecule has 4 heterocycles. The van der Waals surface area contributed by atoms with Gasteiger partial charge < -0.3 is 15.2 Å². The maximum Gasteiger partial charge on any atom is 0.405 e. The summed E-state index contributed by atoms with van der Waals surface area (Å²) in [6.45, 7) is 1.44. The summed E-state index contributed by atoms with van der Waals surface area (Å²) in [5.41, 5.74) is 2.11. The van der Waals surface area contributed by atoms with Crippen LogP contribution in [-0.4, -0.2) is 67.4 Å². The zero-order chi connectivity index (χ0) is 22.2. The van der Waals surface area contributed by atoms with Crippen LogP contribution >= 0.6 is 0 Å². The summed E-state index contributed by atoms with van der Waals surface area (Å²) in [6, 6.07) is 2.24. The van der Waals surface area contributed by atoms with Gasteiger partial charge in [0, 0.05) is 43.9 Å². The number of aromatic nitrogens is 5. The molecule has 0 spiro atoms. The van der Waals surface area contributed by atoms with Crippen molar-refractivity contribution in [1.29, 1.82) is 0 Å². The first-order valence-corrected chi connectivity index (χ1v) is 9.72. The lowest BCUT2D eigenvalue weighted by atomic mass is 9.96. The summed E-state index contributed by atoms with van der Waals surface area (Å²) >= 11 is 0. The highest BCUT2D eigenvalue weighted by atomic mass is 19.4. The maximum absolute atomic E-state index is 12.3. The number of aromatic amines is 1. The molecule has 4 rings (SSSR count). The summed E-state index contributed by atoms with van der Waals surface area (Å²) in [5.74, 6) is 0.978. The van der Waals surface area contributed by atoms with Crippen molar-refractivity contribution >= 4 is 23.1 Å². The number of hydrogen-bond donors (Lipinski definition) is 2. The molecule has 1 aliphatic heterocycles. The van der Waals surface area contributed by atoms with Crippen molar-refractivity contribution in [2.45, 2.75) is 31.9 Å². The summed E-state index contributed by atoms with van der Waals surface area (Å²) < 4.78 is 37.7. The van der Waals surface area contributed by atoms with Gasteiger partial charge in [-0.2, -0.15) is 23.0 Å². The zero-order valence-corrected chi connectivity index (χ0v) is 16.6. The summed E-state index contributed by atoms with van der Waals surface area (Å²) in [6.07, 6.45) is -0.0839. The molecule has 164 valence electrons. The number of rotatable bonds is 3. The molecule has 3 aromatic heterocycles. The molecule has 1 saturated heterocycles. The van der Waals surface area contributed by atoms with Gasteiger partial charge in [-0.3, -0.25) is 4.79 Å². The second-order valence-corrected chi connectivity index (χ2v) is 7.38. The minimum atomic E-state index is -4.51. The van der Waals surface area contributed by atoms with Crippen molar-refractivity contribution in [3.05, 3.63) is 30.4 Å². The van der Waals surface area contributed by atoms with Crippen LogP contribution in [0, 0.1) is 0 Å². The van der Waals surface area contributed by atoms with E-state index in [0.29, 0.717) is 35.5 Å². The molecule has 1 fully saturated rings. The van der Waals surface area contributed by atoms with Gasteiger partial charge in [0.2, 0.25) is 5.91 Å². The molecule has 31 heavy (non-hydrogen) atoms. The minimum Gasteiger partial charge on any atom is -0.343 e. The molecule has 0 saturated carbocycles. The third kappa shape index (κ3) is 4.52. The van der Waals surface area contributed by atoms with E-state index < -0.39 is 18.8 Å². The van der Waals surface area contributed by atoms with Crippen molar-refractivity contribution < 1.29 is 22.8 Å². The largest absolute Gasteiger partial charge is 0.405 e. The molecule has 1 aliphatic rings. The van der Waals surface area contributed by atoms with E-state index in [9.17, 15) is 22.8 Å². The predicted molar refractivity (Wildman–Crippen MR) is 104 cm³/mol. The molecule has 0 radical (unpaired) electrons. The quantitative estimate of drug-likeness (QED) is 0.658. The van der Waals surface area contributed by atoms with Crippen LogP contribution in [0.2, 0.25) is 0 Å². The van der Waals surface area contributed by atoms with E-state index in [4.69, 9.17) is 0 Å². The number of carbonyl (C=O) groups excluding carboxylic acids is 2. The number of halogens is 3. The Labute approximate surface area is 174 Å². The fraction of sp³-hybridized carbons (Fsp3) is 0.421. The Morgan fingerprint density at radius 1 is 1.26 bits per heavy atom. The second-order valence-electron chi connectivity index (χ2n) is 7.38. The molecule has 12 heteroatoms. The van der Waals surface area contributed by atoms with Gasteiger partial charge in [-0.25, -0.2) is 14.8 Å². The van der Waals surface area contributed by atoms with E-state index in [2.05, 4.69) is 20.1 Å². The number of nitrogens with zero attached hydrogens (tertiary/aromatic N) is 5. The van der Waals surface area contributed by atoms with Crippen LogP contribution in [0.15, 0.2) is 24.5 Å². The van der Waals surface area contributed by atoms with Crippen LogP contribution in [0.5, 0.6) is 0 Å². The van der Waals surface area contributed by atoms with Crippen molar-refractivity contribution in [3.63, 3.8) is 0 Å². The van der Waals surface area contributed by atoms with E-state index in [1.165, 1.54) is 12.3 Å². The Morgan fingerprint density at radius 2 is 2.00 bits per heavy atom. The Hall–Kier alpha value is -3.44. The predicted octanol–water partition coefficient (Wildman–Crippen LogP) is 2.67. The van der Waals surface area contributed by atoms with E-state index in [1.54, 1.807) is 29.4 Å². The van der Waals surface area contributed by atoms with Gasteiger partial charge in [0.1, 0.15) is 17.9 Å². The molecule has 0 bridgehead atoms. The molecule has 0 atom stereocenters. The number of nitrogens with one attached hydrogen (secondary N) is 2. The molecule has 0 aromatic carbocycles. The summed E-state index contributed by atoms with van der Waals surface area (Å²) in [5, 5.41) is 5.87. The maximum atomic E-state index is 12.3. The van der Waals surface area contributed by atoms with Gasteiger partial charge in [-0.05, 0) is 25.0 Å². The minimum absolute atomic E-state index is 0.0573. The van der Waals surface area contributed by atoms with Crippen LogP contribution < -0.4 is 5.32 Å². The number of piperidine rings is 1. The highest BCUT2D eigenvalue weighted by molar-refractivity contribution is 5.89. The highest BCUT2D eigenvalue weighted by Gasteiger charge is 2.28. The lowest BCUT2D eigenvalue weighted by Gasteiger charge is -2.30. The average Bonchev–Trinajstić information content (AvgIpc) is 3.38. The first kappa shape index (κ1) is 20.8. The molecule has 9 nitrogen and oxygen atoms in total. The normalized spacial score (nSPS) is 15.4. The van der Waals surface area contributed by atoms with Crippen LogP contribution in [-0.2, 0) is 4.79 Å². The third-order valence-electron chi connectivity index (χ3n) is 5.24. The van der Waals surface area contributed by atoms with Gasteiger partial charge >= 0.3 is 12.2 Å². The van der Waals surface area contributed by atoms with Crippen LogP contribution in [0.3, 0.4) is 0 Å². The second kappa shape index (κ2) is 8.00. The lowest BCUT2D eigenvalue weighted by molar-refractivity contribution is -0.129. The molecular weight excluding hydrogens is 415 g/mol. The smallest absolute Gasteiger partial charge is 0.343 e. The van der Waals surface area contributed by atoms with Crippen molar-refractivity contribution in [3.8, 4) is 11.3 Å². The third-order valence-corrected chi connectivity index (χ3v) is 5.24. The first-order chi connectivity index (χ1) is 14.7. The number of amides is 2. The van der Waals surface area contributed by atoms with Gasteiger partial charge in [-0.15, -0.1) is 0 Å². The number of hydrogen-bond acceptors (Lipinski definition) is 5. The summed E-state index contributed by atoms with van der Waals surface area (Å²) in [7, 11) is 0. The first-order valence-electron chi connectivity index (χ1n) is 9.72. The van der Waals surface area contributed by atoms with Crippen molar-refractivity contribution in [2.75, 3.05) is 19.6 Å². The van der Waals surface area contributed by atoms with Crippen molar-refractivity contribution in [1.82, 2.24) is 34.9 Å². The number of fused-ring (bicyclic) bond motifs is 1. The Balaban J connectivity index is 1.55. The van der Waals surface area contributed by atoms with E-state index >= 15 is 0 Å². The molecule has 0 aliphatic carbocycles. The topological polar surface area (TPSA) is 109 Å². The van der Waals surface area contributed by atoms with E-state index in [1.807, 2.05) is 0 Å². The number of pyridine rings is 1. The van der Waals surface area contributed by atoms with Gasteiger partial charge in [0.25, 0.3) is 0 Å². The number of imidazole rings is 1. The van der Waals surface area contributed by atoms with Crippen LogP contribution in [0.25, 0.3) is 22.4 Å². The van der Waals surface area contributed by atoms with E-state index in [-0.39, 0.29) is 11.8 Å². The fourth-order valence-electron chi connectivity index (χ4n) is 3.63. The standard InChI is InChI=1S/C19H20F3N7O2/c1-11(30)28-7-3-12(4-8-28)16-25-15-13(2-6-23-17(15)26-16)14-5-9-29(27-14)18(31)24-10-19(20,21)22/h2,5-6,9,12H,3-4,7-8,10H2,1H3,(H,24,31)(H,23,25,26). The Kier molecular flexibility index (Phi) is 5.38. The van der Waals surface area contributed by atoms with Gasteiger partial charge in [0.05, 0.1) is 5.69 Å².